The maximum absolute atomic E-state index is 15.1. The van der Waals surface area contributed by atoms with E-state index < -0.39 is 17.2 Å². The fraction of sp³-hybridized carbons (Fsp3) is 0.179. The molecule has 12 heteroatoms. The highest BCUT2D eigenvalue weighted by molar-refractivity contribution is 5.97. The summed E-state index contributed by atoms with van der Waals surface area (Å²) in [7, 11) is 1.77. The zero-order valence-electron chi connectivity index (χ0n) is 21.8. The monoisotopic (exact) mass is 537 g/mol. The van der Waals surface area contributed by atoms with Crippen LogP contribution in [0.25, 0.3) is 22.6 Å². The van der Waals surface area contributed by atoms with Crippen molar-refractivity contribution < 1.29 is 13.9 Å². The number of carbonyl (C=O) groups excluding carboxylic acids is 1. The number of tetrazole rings is 1. The topological polar surface area (TPSA) is 147 Å². The van der Waals surface area contributed by atoms with Crippen LogP contribution < -0.4 is 15.8 Å². The lowest BCUT2D eigenvalue weighted by atomic mass is 9.69. The van der Waals surface area contributed by atoms with Gasteiger partial charge in [-0.2, -0.15) is 0 Å². The number of carbonyl (C=O) groups is 1. The Labute approximate surface area is 228 Å². The summed E-state index contributed by atoms with van der Waals surface area (Å²) in [5, 5.41) is 14.4. The van der Waals surface area contributed by atoms with Crippen molar-refractivity contribution >= 4 is 17.5 Å². The lowest BCUT2D eigenvalue weighted by molar-refractivity contribution is -0.124. The molecular weight excluding hydrogens is 513 g/mol. The molecule has 0 fully saturated rings. The Kier molecular flexibility index (Phi) is 5.94. The molecule has 0 aliphatic carbocycles. The molecule has 1 atom stereocenters. The van der Waals surface area contributed by atoms with Gasteiger partial charge in [0, 0.05) is 47.6 Å². The van der Waals surface area contributed by atoms with Crippen molar-refractivity contribution in [1.82, 2.24) is 35.2 Å². The van der Waals surface area contributed by atoms with Crippen LogP contribution in [-0.2, 0) is 11.8 Å². The highest BCUT2D eigenvalue weighted by atomic mass is 19.1. The zero-order valence-corrected chi connectivity index (χ0v) is 21.8. The van der Waals surface area contributed by atoms with Crippen molar-refractivity contribution in [3.8, 4) is 34.3 Å². The van der Waals surface area contributed by atoms with E-state index in [1.165, 1.54) is 18.5 Å². The number of amides is 1. The average molecular weight is 538 g/mol. The molecule has 1 aliphatic heterocycles. The molecule has 0 saturated heterocycles. The minimum atomic E-state index is -1.10. The number of halogens is 1. The number of aromatic nitrogens is 7. The molecule has 11 nitrogen and oxygen atoms in total. The number of hydrogen-bond acceptors (Lipinski definition) is 9. The average Bonchev–Trinajstić information content (AvgIpc) is 3.38. The molecule has 200 valence electrons. The van der Waals surface area contributed by atoms with Gasteiger partial charge in [0.1, 0.15) is 0 Å². The molecular formula is C28H24FN9O2. The van der Waals surface area contributed by atoms with Gasteiger partial charge in [0.15, 0.2) is 29.0 Å². The van der Waals surface area contributed by atoms with Crippen molar-refractivity contribution in [3.05, 3.63) is 83.9 Å². The molecule has 3 aromatic heterocycles. The van der Waals surface area contributed by atoms with Gasteiger partial charge in [0.05, 0.1) is 11.1 Å². The Morgan fingerprint density at radius 1 is 1.02 bits per heavy atom. The smallest absolute Gasteiger partial charge is 0.232 e. The van der Waals surface area contributed by atoms with Gasteiger partial charge in [-0.3, -0.25) is 4.79 Å². The molecule has 4 heterocycles. The van der Waals surface area contributed by atoms with E-state index in [0.717, 1.165) is 11.1 Å². The lowest BCUT2D eigenvalue weighted by Crippen LogP contribution is -2.38. The molecule has 1 unspecified atom stereocenters. The van der Waals surface area contributed by atoms with Crippen molar-refractivity contribution in [2.45, 2.75) is 19.8 Å². The summed E-state index contributed by atoms with van der Waals surface area (Å²) in [5.41, 5.74) is 8.27. The summed E-state index contributed by atoms with van der Waals surface area (Å²) >= 11 is 0. The van der Waals surface area contributed by atoms with Crippen LogP contribution >= 0.6 is 0 Å². The van der Waals surface area contributed by atoms with E-state index in [4.69, 9.17) is 15.5 Å². The van der Waals surface area contributed by atoms with E-state index in [2.05, 4.69) is 30.8 Å². The van der Waals surface area contributed by atoms with Crippen LogP contribution in [0.5, 0.6) is 11.6 Å². The van der Waals surface area contributed by atoms with Crippen molar-refractivity contribution in [2.75, 3.05) is 11.1 Å². The van der Waals surface area contributed by atoms with Crippen molar-refractivity contribution in [3.63, 3.8) is 0 Å². The van der Waals surface area contributed by atoms with Crippen LogP contribution in [-0.4, -0.2) is 41.1 Å². The molecule has 5 aromatic rings. The minimum absolute atomic E-state index is 0.0367. The van der Waals surface area contributed by atoms with Gasteiger partial charge < -0.3 is 15.8 Å². The summed E-state index contributed by atoms with van der Waals surface area (Å²) < 4.78 is 22.7. The second kappa shape index (κ2) is 9.49. The summed E-state index contributed by atoms with van der Waals surface area (Å²) in [6.07, 6.45) is 2.88. The van der Waals surface area contributed by atoms with E-state index in [9.17, 15) is 4.79 Å². The predicted octanol–water partition coefficient (Wildman–Crippen LogP) is 4.35. The molecule has 40 heavy (non-hydrogen) atoms. The van der Waals surface area contributed by atoms with Crippen LogP contribution in [0, 0.1) is 11.2 Å². The SMILES string of the molecule is Cn1nnnc1-c1ccc(-c2ccc3c(n2)Oc2c(F)cccc2C3C(C)(C)C(=O)Nc2nccnc2N)cc1. The molecule has 3 N–H and O–H groups in total. The molecule has 1 amide bonds. The van der Waals surface area contributed by atoms with Crippen LogP contribution in [0.3, 0.4) is 0 Å². The first-order chi connectivity index (χ1) is 19.2. The van der Waals surface area contributed by atoms with Crippen LogP contribution in [0.4, 0.5) is 16.0 Å². The van der Waals surface area contributed by atoms with E-state index in [0.29, 0.717) is 22.6 Å². The second-order valence-corrected chi connectivity index (χ2v) is 9.95. The van der Waals surface area contributed by atoms with Crippen LogP contribution in [0.15, 0.2) is 67.0 Å². The number of pyridine rings is 1. The van der Waals surface area contributed by atoms with E-state index in [1.807, 2.05) is 36.4 Å². The van der Waals surface area contributed by atoms with Crippen LogP contribution in [0.2, 0.25) is 0 Å². The second-order valence-electron chi connectivity index (χ2n) is 9.95. The zero-order chi connectivity index (χ0) is 28.0. The normalized spacial score (nSPS) is 14.2. The number of hydrogen-bond donors (Lipinski definition) is 2. The largest absolute Gasteiger partial charge is 0.435 e. The Morgan fingerprint density at radius 2 is 1.77 bits per heavy atom. The fourth-order valence-corrected chi connectivity index (χ4v) is 4.92. The Bertz CT molecular complexity index is 1750. The fourth-order valence-electron chi connectivity index (χ4n) is 4.92. The quantitative estimate of drug-likeness (QED) is 0.334. The molecule has 1 aliphatic rings. The van der Waals surface area contributed by atoms with Gasteiger partial charge in [-0.15, -0.1) is 5.10 Å². The first kappa shape index (κ1) is 25.0. The van der Waals surface area contributed by atoms with E-state index >= 15 is 4.39 Å². The first-order valence-electron chi connectivity index (χ1n) is 12.4. The number of nitrogen functional groups attached to an aromatic ring is 1. The summed E-state index contributed by atoms with van der Waals surface area (Å²) in [4.78, 5) is 26.5. The number of anilines is 2. The third kappa shape index (κ3) is 4.19. The van der Waals surface area contributed by atoms with Gasteiger partial charge in [-0.25, -0.2) is 24.0 Å². The number of para-hydroxylation sites is 1. The summed E-state index contributed by atoms with van der Waals surface area (Å²) in [6, 6.07) is 16.0. The molecule has 6 rings (SSSR count). The maximum Gasteiger partial charge on any atom is 0.232 e. The maximum atomic E-state index is 15.1. The third-order valence-electron chi connectivity index (χ3n) is 7.03. The molecule has 0 saturated carbocycles. The minimum Gasteiger partial charge on any atom is -0.435 e. The Balaban J connectivity index is 1.39. The molecule has 0 radical (unpaired) electrons. The first-order valence-corrected chi connectivity index (χ1v) is 12.4. The van der Waals surface area contributed by atoms with Gasteiger partial charge in [0.25, 0.3) is 0 Å². The number of fused-ring (bicyclic) bond motifs is 2. The molecule has 2 aromatic carbocycles. The lowest BCUT2D eigenvalue weighted by Gasteiger charge is -2.37. The number of ether oxygens (including phenoxy) is 1. The van der Waals surface area contributed by atoms with Crippen LogP contribution in [0.1, 0.15) is 30.9 Å². The number of rotatable bonds is 5. The third-order valence-corrected chi connectivity index (χ3v) is 7.03. The number of nitrogens with two attached hydrogens (primary N) is 1. The van der Waals surface area contributed by atoms with E-state index in [-0.39, 0.29) is 29.2 Å². The van der Waals surface area contributed by atoms with Gasteiger partial charge >= 0.3 is 0 Å². The van der Waals surface area contributed by atoms with Gasteiger partial charge in [-0.05, 0) is 22.6 Å². The molecule has 0 spiro atoms. The van der Waals surface area contributed by atoms with Crippen molar-refractivity contribution in [1.29, 1.82) is 0 Å². The standard InChI is InChI=1S/C28H24FN9O2/c1-28(2,27(39)34-24-23(30)31-13-14-32-24)21-17-5-4-6-19(29)22(17)40-26-18(21)11-12-20(33-26)15-7-9-16(10-8-15)25-35-36-37-38(25)3/h4-14,21H,1-3H3,(H2,30,31)(H,32,34,39). The number of aryl methyl sites for hydroxylation is 1. The van der Waals surface area contributed by atoms with Gasteiger partial charge in [-0.1, -0.05) is 56.3 Å². The highest BCUT2D eigenvalue weighted by Gasteiger charge is 2.45. The Hall–Kier alpha value is -5.26. The number of benzene rings is 2. The summed E-state index contributed by atoms with van der Waals surface area (Å²) in [5.74, 6) is -0.364. The Morgan fingerprint density at radius 3 is 2.50 bits per heavy atom. The number of nitrogens with one attached hydrogen (secondary N) is 1. The summed E-state index contributed by atoms with van der Waals surface area (Å²) in [6.45, 7) is 3.55. The molecule has 0 bridgehead atoms. The van der Waals surface area contributed by atoms with E-state index in [1.54, 1.807) is 37.7 Å². The van der Waals surface area contributed by atoms with Gasteiger partial charge in [0.2, 0.25) is 11.8 Å². The van der Waals surface area contributed by atoms with Crippen molar-refractivity contribution in [2.24, 2.45) is 12.5 Å². The number of nitrogens with zero attached hydrogens (tertiary/aromatic N) is 7. The predicted molar refractivity (Wildman–Crippen MR) is 145 cm³/mol. The highest BCUT2D eigenvalue weighted by Crippen LogP contribution is 2.52.